The van der Waals surface area contributed by atoms with Crippen molar-refractivity contribution in [2.75, 3.05) is 16.0 Å². The Labute approximate surface area is 150 Å². The van der Waals surface area contributed by atoms with Gasteiger partial charge in [0.2, 0.25) is 5.91 Å². The first-order valence-corrected chi connectivity index (χ1v) is 7.92. The van der Waals surface area contributed by atoms with Gasteiger partial charge in [-0.3, -0.25) is 14.6 Å². The second-order valence-corrected chi connectivity index (χ2v) is 5.50. The van der Waals surface area contributed by atoms with Gasteiger partial charge in [-0.1, -0.05) is 0 Å². The molecule has 0 saturated carbocycles. The molecule has 26 heavy (non-hydrogen) atoms. The highest BCUT2D eigenvalue weighted by molar-refractivity contribution is 6.04. The number of nitrogens with one attached hydrogen (secondary N) is 3. The van der Waals surface area contributed by atoms with Crippen LogP contribution in [0.25, 0.3) is 0 Å². The molecule has 2 aromatic heterocycles. The summed E-state index contributed by atoms with van der Waals surface area (Å²) in [6.45, 7) is 1.44. The van der Waals surface area contributed by atoms with Crippen LogP contribution in [0.2, 0.25) is 0 Å². The number of carbonyl (C=O) groups excluding carboxylic acids is 2. The maximum Gasteiger partial charge on any atom is 0.255 e. The second-order valence-electron chi connectivity index (χ2n) is 5.50. The molecule has 1 aromatic carbocycles. The Bertz CT molecular complexity index is 911. The maximum atomic E-state index is 12.4. The van der Waals surface area contributed by atoms with E-state index in [0.29, 0.717) is 22.8 Å². The molecule has 0 atom stereocenters. The van der Waals surface area contributed by atoms with Crippen molar-refractivity contribution in [3.05, 3.63) is 72.7 Å². The number of pyridine rings is 2. The summed E-state index contributed by atoms with van der Waals surface area (Å²) in [7, 11) is 0. The van der Waals surface area contributed by atoms with Crippen LogP contribution in [0.4, 0.5) is 22.9 Å². The van der Waals surface area contributed by atoms with Crippen LogP contribution < -0.4 is 16.0 Å². The van der Waals surface area contributed by atoms with Crippen molar-refractivity contribution >= 4 is 34.7 Å². The minimum atomic E-state index is -0.252. The summed E-state index contributed by atoms with van der Waals surface area (Å²) in [5.41, 5.74) is 2.61. The maximum absolute atomic E-state index is 12.4. The van der Waals surface area contributed by atoms with E-state index in [1.54, 1.807) is 55.0 Å². The molecule has 2 heterocycles. The van der Waals surface area contributed by atoms with Crippen LogP contribution in [0, 0.1) is 0 Å². The first kappa shape index (κ1) is 17.1. The molecule has 7 nitrogen and oxygen atoms in total. The van der Waals surface area contributed by atoms with Crippen LogP contribution in [0.15, 0.2) is 67.1 Å². The summed E-state index contributed by atoms with van der Waals surface area (Å²) in [5, 5.41) is 8.61. The molecule has 0 bridgehead atoms. The topological polar surface area (TPSA) is 96.0 Å². The zero-order valence-corrected chi connectivity index (χ0v) is 14.1. The standard InChI is InChI=1S/C19H17N5O2/c1-13(25)22-15-2-4-16(5-3-15)24-19(26)14-6-11-21-18(12-14)23-17-7-9-20-10-8-17/h2-12H,1H3,(H,22,25)(H,24,26)(H,20,21,23). The molecule has 7 heteroatoms. The van der Waals surface area contributed by atoms with E-state index >= 15 is 0 Å². The SMILES string of the molecule is CC(=O)Nc1ccc(NC(=O)c2ccnc(Nc3ccncc3)c2)cc1. The largest absolute Gasteiger partial charge is 0.340 e. The second kappa shape index (κ2) is 7.89. The van der Waals surface area contributed by atoms with Crippen molar-refractivity contribution in [3.8, 4) is 0 Å². The molecular weight excluding hydrogens is 330 g/mol. The van der Waals surface area contributed by atoms with E-state index in [2.05, 4.69) is 25.9 Å². The number of carbonyl (C=O) groups is 2. The highest BCUT2D eigenvalue weighted by atomic mass is 16.2. The average Bonchev–Trinajstić information content (AvgIpc) is 2.64. The molecule has 2 amide bonds. The van der Waals surface area contributed by atoms with E-state index in [0.717, 1.165) is 5.69 Å². The number of amides is 2. The lowest BCUT2D eigenvalue weighted by atomic mass is 10.2. The Balaban J connectivity index is 1.68. The van der Waals surface area contributed by atoms with Gasteiger partial charge in [-0.25, -0.2) is 4.98 Å². The van der Waals surface area contributed by atoms with Gasteiger partial charge in [0.15, 0.2) is 0 Å². The zero-order chi connectivity index (χ0) is 18.4. The van der Waals surface area contributed by atoms with Crippen LogP contribution in [0.3, 0.4) is 0 Å². The summed E-state index contributed by atoms with van der Waals surface area (Å²) < 4.78 is 0. The Morgan fingerprint density at radius 1 is 0.808 bits per heavy atom. The summed E-state index contributed by atoms with van der Waals surface area (Å²) in [5.74, 6) is 0.162. The molecule has 0 fully saturated rings. The third-order valence-corrected chi connectivity index (χ3v) is 3.44. The van der Waals surface area contributed by atoms with Gasteiger partial charge in [0.05, 0.1) is 0 Å². The first-order valence-electron chi connectivity index (χ1n) is 7.92. The molecule has 0 spiro atoms. The van der Waals surface area contributed by atoms with Crippen molar-refractivity contribution in [3.63, 3.8) is 0 Å². The molecule has 0 aliphatic heterocycles. The number of anilines is 4. The zero-order valence-electron chi connectivity index (χ0n) is 14.1. The summed E-state index contributed by atoms with van der Waals surface area (Å²) in [4.78, 5) is 31.6. The molecule has 130 valence electrons. The van der Waals surface area contributed by atoms with Gasteiger partial charge in [-0.05, 0) is 48.5 Å². The summed E-state index contributed by atoms with van der Waals surface area (Å²) in [6.07, 6.45) is 4.91. The van der Waals surface area contributed by atoms with Gasteiger partial charge < -0.3 is 16.0 Å². The van der Waals surface area contributed by atoms with Gasteiger partial charge in [-0.2, -0.15) is 0 Å². The van der Waals surface area contributed by atoms with E-state index in [9.17, 15) is 9.59 Å². The van der Waals surface area contributed by atoms with Crippen LogP contribution in [0.1, 0.15) is 17.3 Å². The summed E-state index contributed by atoms with van der Waals surface area (Å²) >= 11 is 0. The third kappa shape index (κ3) is 4.64. The number of hydrogen-bond acceptors (Lipinski definition) is 5. The number of aromatic nitrogens is 2. The minimum absolute atomic E-state index is 0.146. The average molecular weight is 347 g/mol. The van der Waals surface area contributed by atoms with Crippen LogP contribution >= 0.6 is 0 Å². The molecule has 0 unspecified atom stereocenters. The highest BCUT2D eigenvalue weighted by Gasteiger charge is 2.08. The van der Waals surface area contributed by atoms with E-state index < -0.39 is 0 Å². The van der Waals surface area contributed by atoms with Gasteiger partial charge in [0.1, 0.15) is 5.82 Å². The lowest BCUT2D eigenvalue weighted by Gasteiger charge is -2.09. The fraction of sp³-hybridized carbons (Fsp3) is 0.0526. The number of rotatable bonds is 5. The molecule has 0 saturated heterocycles. The molecular formula is C19H17N5O2. The fourth-order valence-electron chi connectivity index (χ4n) is 2.27. The Kier molecular flexibility index (Phi) is 5.19. The van der Waals surface area contributed by atoms with Crippen molar-refractivity contribution in [2.24, 2.45) is 0 Å². The minimum Gasteiger partial charge on any atom is -0.340 e. The number of hydrogen-bond donors (Lipinski definition) is 3. The highest BCUT2D eigenvalue weighted by Crippen LogP contribution is 2.17. The Morgan fingerprint density at radius 3 is 2.12 bits per heavy atom. The van der Waals surface area contributed by atoms with Crippen molar-refractivity contribution in [1.82, 2.24) is 9.97 Å². The van der Waals surface area contributed by atoms with Gasteiger partial charge >= 0.3 is 0 Å². The van der Waals surface area contributed by atoms with Crippen molar-refractivity contribution in [1.29, 1.82) is 0 Å². The number of benzene rings is 1. The fourth-order valence-corrected chi connectivity index (χ4v) is 2.27. The molecule has 3 rings (SSSR count). The summed E-state index contributed by atoms with van der Waals surface area (Å²) in [6, 6.07) is 13.8. The van der Waals surface area contributed by atoms with E-state index in [1.165, 1.54) is 6.92 Å². The lowest BCUT2D eigenvalue weighted by Crippen LogP contribution is -2.12. The third-order valence-electron chi connectivity index (χ3n) is 3.44. The van der Waals surface area contributed by atoms with E-state index in [1.807, 2.05) is 12.1 Å². The Morgan fingerprint density at radius 2 is 1.46 bits per heavy atom. The van der Waals surface area contributed by atoms with E-state index in [4.69, 9.17) is 0 Å². The normalized spacial score (nSPS) is 10.0. The van der Waals surface area contributed by atoms with Crippen LogP contribution in [-0.4, -0.2) is 21.8 Å². The van der Waals surface area contributed by atoms with Crippen LogP contribution in [-0.2, 0) is 4.79 Å². The quantitative estimate of drug-likeness (QED) is 0.657. The molecule has 3 N–H and O–H groups in total. The predicted molar refractivity (Wildman–Crippen MR) is 100 cm³/mol. The van der Waals surface area contributed by atoms with E-state index in [-0.39, 0.29) is 11.8 Å². The first-order chi connectivity index (χ1) is 12.6. The Hall–Kier alpha value is -3.74. The number of nitrogens with zero attached hydrogens (tertiary/aromatic N) is 2. The monoisotopic (exact) mass is 347 g/mol. The molecule has 0 aliphatic carbocycles. The van der Waals surface area contributed by atoms with Crippen LogP contribution in [0.5, 0.6) is 0 Å². The van der Waals surface area contributed by atoms with Gasteiger partial charge in [0, 0.05) is 48.1 Å². The molecule has 0 radical (unpaired) electrons. The van der Waals surface area contributed by atoms with Crippen molar-refractivity contribution < 1.29 is 9.59 Å². The lowest BCUT2D eigenvalue weighted by molar-refractivity contribution is -0.114. The molecule has 0 aliphatic rings. The predicted octanol–water partition coefficient (Wildman–Crippen LogP) is 3.43. The van der Waals surface area contributed by atoms with Gasteiger partial charge in [-0.15, -0.1) is 0 Å². The van der Waals surface area contributed by atoms with Crippen molar-refractivity contribution in [2.45, 2.75) is 6.92 Å². The molecule has 3 aromatic rings. The smallest absolute Gasteiger partial charge is 0.255 e. The van der Waals surface area contributed by atoms with Gasteiger partial charge in [0.25, 0.3) is 5.91 Å².